The van der Waals surface area contributed by atoms with Crippen LogP contribution in [0.15, 0.2) is 54.6 Å². The number of hydrogen-bond donors (Lipinski definition) is 2. The highest BCUT2D eigenvalue weighted by Gasteiger charge is 2.12. The molecular formula is C21H20N4O3. The third kappa shape index (κ3) is 4.50. The van der Waals surface area contributed by atoms with Crippen LogP contribution in [0.3, 0.4) is 0 Å². The molecule has 0 bridgehead atoms. The average Bonchev–Trinajstić information content (AvgIpc) is 2.69. The van der Waals surface area contributed by atoms with Crippen molar-refractivity contribution in [2.75, 3.05) is 17.7 Å². The van der Waals surface area contributed by atoms with E-state index >= 15 is 0 Å². The number of nitrogens with zero attached hydrogens (tertiary/aromatic N) is 2. The van der Waals surface area contributed by atoms with Crippen LogP contribution in [0, 0.1) is 13.8 Å². The molecule has 0 aliphatic heterocycles. The van der Waals surface area contributed by atoms with Crippen molar-refractivity contribution in [1.29, 1.82) is 0 Å². The summed E-state index contributed by atoms with van der Waals surface area (Å²) in [5, 5.41) is 5.98. The van der Waals surface area contributed by atoms with Crippen molar-refractivity contribution in [3.8, 4) is 0 Å². The molecule has 142 valence electrons. The first-order valence-corrected chi connectivity index (χ1v) is 8.64. The summed E-state index contributed by atoms with van der Waals surface area (Å²) >= 11 is 0. The lowest BCUT2D eigenvalue weighted by Gasteiger charge is -2.11. The Labute approximate surface area is 162 Å². The lowest BCUT2D eigenvalue weighted by atomic mass is 10.2. The molecule has 0 aliphatic carbocycles. The maximum atomic E-state index is 12.6. The standard InChI is InChI=1S/C21H20N4O3/c1-13-6-4-5-7-17(13)25-19-12-18(22-14(2)23-19)20(26)24-16-10-8-15(9-11-16)21(27)28-3/h4-12H,1-3H3,(H,24,26)(H,22,23,25). The summed E-state index contributed by atoms with van der Waals surface area (Å²) in [5.74, 6) is 0.207. The molecule has 0 fully saturated rings. The van der Waals surface area contributed by atoms with Crippen LogP contribution in [-0.2, 0) is 4.74 Å². The largest absolute Gasteiger partial charge is 0.465 e. The average molecular weight is 376 g/mol. The number of aromatic nitrogens is 2. The highest BCUT2D eigenvalue weighted by Crippen LogP contribution is 2.20. The van der Waals surface area contributed by atoms with Crippen LogP contribution < -0.4 is 10.6 Å². The molecule has 3 rings (SSSR count). The predicted octanol–water partition coefficient (Wildman–Crippen LogP) is 3.88. The zero-order chi connectivity index (χ0) is 20.1. The summed E-state index contributed by atoms with van der Waals surface area (Å²) in [6, 6.07) is 15.8. The van der Waals surface area contributed by atoms with Gasteiger partial charge in [-0.3, -0.25) is 4.79 Å². The number of carbonyl (C=O) groups is 2. The Morgan fingerprint density at radius 2 is 1.68 bits per heavy atom. The first-order chi connectivity index (χ1) is 13.5. The maximum absolute atomic E-state index is 12.6. The second-order valence-corrected chi connectivity index (χ2v) is 6.15. The third-order valence-corrected chi connectivity index (χ3v) is 4.04. The summed E-state index contributed by atoms with van der Waals surface area (Å²) in [6.07, 6.45) is 0. The molecule has 0 atom stereocenters. The normalized spacial score (nSPS) is 10.2. The molecule has 1 amide bonds. The molecule has 0 unspecified atom stereocenters. The minimum absolute atomic E-state index is 0.237. The quantitative estimate of drug-likeness (QED) is 0.657. The van der Waals surface area contributed by atoms with Crippen LogP contribution in [-0.4, -0.2) is 29.0 Å². The van der Waals surface area contributed by atoms with Crippen molar-refractivity contribution in [3.63, 3.8) is 0 Å². The third-order valence-electron chi connectivity index (χ3n) is 4.04. The van der Waals surface area contributed by atoms with E-state index in [-0.39, 0.29) is 11.6 Å². The fourth-order valence-electron chi connectivity index (χ4n) is 2.60. The molecule has 3 aromatic rings. The number of para-hydroxylation sites is 1. The summed E-state index contributed by atoms with van der Waals surface area (Å²) in [5.41, 5.74) is 3.16. The number of benzene rings is 2. The summed E-state index contributed by atoms with van der Waals surface area (Å²) in [4.78, 5) is 32.6. The number of ether oxygens (including phenoxy) is 1. The monoisotopic (exact) mass is 376 g/mol. The van der Waals surface area contributed by atoms with Gasteiger partial charge in [0.1, 0.15) is 17.3 Å². The van der Waals surface area contributed by atoms with E-state index in [1.54, 1.807) is 37.3 Å². The van der Waals surface area contributed by atoms with E-state index in [1.807, 2.05) is 31.2 Å². The molecule has 0 saturated carbocycles. The van der Waals surface area contributed by atoms with Gasteiger partial charge in [-0.25, -0.2) is 14.8 Å². The van der Waals surface area contributed by atoms with Crippen LogP contribution in [0.25, 0.3) is 0 Å². The van der Waals surface area contributed by atoms with E-state index in [0.717, 1.165) is 11.3 Å². The molecule has 0 radical (unpaired) electrons. The van der Waals surface area contributed by atoms with Crippen LogP contribution in [0.5, 0.6) is 0 Å². The lowest BCUT2D eigenvalue weighted by Crippen LogP contribution is -2.15. The van der Waals surface area contributed by atoms with Crippen LogP contribution in [0.4, 0.5) is 17.2 Å². The first-order valence-electron chi connectivity index (χ1n) is 8.64. The molecule has 28 heavy (non-hydrogen) atoms. The first kappa shape index (κ1) is 19.0. The SMILES string of the molecule is COC(=O)c1ccc(NC(=O)c2cc(Nc3ccccc3C)nc(C)n2)cc1. The molecule has 1 aromatic heterocycles. The number of hydrogen-bond acceptors (Lipinski definition) is 6. The topological polar surface area (TPSA) is 93.2 Å². The van der Waals surface area contributed by atoms with Crippen molar-refractivity contribution < 1.29 is 14.3 Å². The van der Waals surface area contributed by atoms with Gasteiger partial charge in [0.05, 0.1) is 12.7 Å². The Hall–Kier alpha value is -3.74. The van der Waals surface area contributed by atoms with Gasteiger partial charge in [-0.2, -0.15) is 0 Å². The van der Waals surface area contributed by atoms with E-state index < -0.39 is 5.97 Å². The summed E-state index contributed by atoms with van der Waals surface area (Å²) < 4.78 is 4.66. The van der Waals surface area contributed by atoms with Crippen molar-refractivity contribution in [2.24, 2.45) is 0 Å². The smallest absolute Gasteiger partial charge is 0.337 e. The van der Waals surface area contributed by atoms with Crippen molar-refractivity contribution >= 4 is 29.1 Å². The van der Waals surface area contributed by atoms with Crippen molar-refractivity contribution in [1.82, 2.24) is 9.97 Å². The summed E-state index contributed by atoms with van der Waals surface area (Å²) in [6.45, 7) is 3.72. The van der Waals surface area contributed by atoms with Gasteiger partial charge >= 0.3 is 5.97 Å². The number of methoxy groups -OCH3 is 1. The highest BCUT2D eigenvalue weighted by molar-refractivity contribution is 6.03. The molecule has 2 aromatic carbocycles. The van der Waals surface area contributed by atoms with E-state index in [0.29, 0.717) is 22.9 Å². The lowest BCUT2D eigenvalue weighted by molar-refractivity contribution is 0.0600. The van der Waals surface area contributed by atoms with Gasteiger partial charge in [0.25, 0.3) is 5.91 Å². The van der Waals surface area contributed by atoms with Gasteiger partial charge in [-0.15, -0.1) is 0 Å². The molecule has 0 spiro atoms. The molecule has 0 aliphatic rings. The number of aryl methyl sites for hydroxylation is 2. The Morgan fingerprint density at radius 1 is 0.964 bits per heavy atom. The number of amides is 1. The van der Waals surface area contributed by atoms with Gasteiger partial charge in [0.2, 0.25) is 0 Å². The number of anilines is 3. The molecule has 7 nitrogen and oxygen atoms in total. The van der Waals surface area contributed by atoms with Gasteiger partial charge in [0, 0.05) is 17.4 Å². The van der Waals surface area contributed by atoms with Crippen LogP contribution in [0.1, 0.15) is 32.2 Å². The second-order valence-electron chi connectivity index (χ2n) is 6.15. The second kappa shape index (κ2) is 8.30. The minimum Gasteiger partial charge on any atom is -0.465 e. The maximum Gasteiger partial charge on any atom is 0.337 e. The number of nitrogens with one attached hydrogen (secondary N) is 2. The van der Waals surface area contributed by atoms with Gasteiger partial charge in [-0.05, 0) is 49.7 Å². The molecule has 7 heteroatoms. The number of rotatable bonds is 5. The highest BCUT2D eigenvalue weighted by atomic mass is 16.5. The number of esters is 1. The fraction of sp³-hybridized carbons (Fsp3) is 0.143. The van der Waals surface area contributed by atoms with Gasteiger partial charge in [0.15, 0.2) is 0 Å². The molecule has 0 saturated heterocycles. The molecule has 1 heterocycles. The Kier molecular flexibility index (Phi) is 5.64. The number of carbonyl (C=O) groups excluding carboxylic acids is 2. The van der Waals surface area contributed by atoms with E-state index in [9.17, 15) is 9.59 Å². The minimum atomic E-state index is -0.434. The van der Waals surface area contributed by atoms with Crippen LogP contribution in [0.2, 0.25) is 0 Å². The molecule has 2 N–H and O–H groups in total. The summed E-state index contributed by atoms with van der Waals surface area (Å²) in [7, 11) is 1.32. The molecular weight excluding hydrogens is 356 g/mol. The zero-order valence-corrected chi connectivity index (χ0v) is 15.8. The Balaban J connectivity index is 1.77. The van der Waals surface area contributed by atoms with Gasteiger partial charge in [-0.1, -0.05) is 18.2 Å². The Morgan fingerprint density at radius 3 is 2.36 bits per heavy atom. The van der Waals surface area contributed by atoms with Gasteiger partial charge < -0.3 is 15.4 Å². The van der Waals surface area contributed by atoms with E-state index in [1.165, 1.54) is 7.11 Å². The van der Waals surface area contributed by atoms with E-state index in [2.05, 4.69) is 25.3 Å². The predicted molar refractivity (Wildman–Crippen MR) is 107 cm³/mol. The zero-order valence-electron chi connectivity index (χ0n) is 15.8. The van der Waals surface area contributed by atoms with E-state index in [4.69, 9.17) is 0 Å². The van der Waals surface area contributed by atoms with Crippen LogP contribution >= 0.6 is 0 Å². The fourth-order valence-corrected chi connectivity index (χ4v) is 2.60. The Bertz CT molecular complexity index is 1020. The van der Waals surface area contributed by atoms with Crippen molar-refractivity contribution in [2.45, 2.75) is 13.8 Å². The van der Waals surface area contributed by atoms with Crippen molar-refractivity contribution in [3.05, 3.63) is 77.2 Å².